The minimum absolute atomic E-state index is 0.0342. The van der Waals surface area contributed by atoms with Gasteiger partial charge < -0.3 is 14.8 Å². The van der Waals surface area contributed by atoms with Crippen molar-refractivity contribution in [3.63, 3.8) is 0 Å². The quantitative estimate of drug-likeness (QED) is 0.528. The number of esters is 1. The van der Waals surface area contributed by atoms with E-state index in [0.717, 1.165) is 4.90 Å². The summed E-state index contributed by atoms with van der Waals surface area (Å²) in [6, 6.07) is 12.9. The summed E-state index contributed by atoms with van der Waals surface area (Å²) in [5, 5.41) is 2.66. The summed E-state index contributed by atoms with van der Waals surface area (Å²) >= 11 is 6.14. The normalized spacial score (nSPS) is 13.8. The zero-order valence-electron chi connectivity index (χ0n) is 16.8. The number of carbonyl (C=O) groups is 3. The van der Waals surface area contributed by atoms with E-state index in [9.17, 15) is 14.4 Å². The first kappa shape index (κ1) is 21.4. The Morgan fingerprint density at radius 2 is 1.67 bits per heavy atom. The smallest absolute Gasteiger partial charge is 0.338 e. The third-order valence-electron chi connectivity index (χ3n) is 4.17. The SMILES string of the molecule is CCOc1ccc(N2C(=O)C(Cl)=C(Nc3ccc(C(=O)OC(C)C)cc3)C2=O)cc1. The van der Waals surface area contributed by atoms with Crippen LogP contribution in [0.25, 0.3) is 0 Å². The van der Waals surface area contributed by atoms with E-state index in [1.54, 1.807) is 62.4 Å². The number of carbonyl (C=O) groups excluding carboxylic acids is 3. The maximum Gasteiger partial charge on any atom is 0.338 e. The van der Waals surface area contributed by atoms with Crippen LogP contribution in [0.3, 0.4) is 0 Å². The highest BCUT2D eigenvalue weighted by molar-refractivity contribution is 6.53. The fourth-order valence-electron chi connectivity index (χ4n) is 2.82. The van der Waals surface area contributed by atoms with Gasteiger partial charge in [-0.05, 0) is 69.3 Å². The average Bonchev–Trinajstić information content (AvgIpc) is 2.92. The molecule has 2 amide bonds. The van der Waals surface area contributed by atoms with Crippen molar-refractivity contribution in [1.82, 2.24) is 0 Å². The lowest BCUT2D eigenvalue weighted by Crippen LogP contribution is -2.32. The van der Waals surface area contributed by atoms with Crippen LogP contribution in [0.2, 0.25) is 0 Å². The second-order valence-corrected chi connectivity index (χ2v) is 7.10. The van der Waals surface area contributed by atoms with Gasteiger partial charge in [-0.2, -0.15) is 0 Å². The van der Waals surface area contributed by atoms with Gasteiger partial charge in [-0.1, -0.05) is 11.6 Å². The third-order valence-corrected chi connectivity index (χ3v) is 4.52. The van der Waals surface area contributed by atoms with Crippen molar-refractivity contribution < 1.29 is 23.9 Å². The first-order valence-electron chi connectivity index (χ1n) is 9.41. The van der Waals surface area contributed by atoms with E-state index in [0.29, 0.717) is 29.3 Å². The summed E-state index contributed by atoms with van der Waals surface area (Å²) in [5.74, 6) is -1.00. The molecule has 0 unspecified atom stereocenters. The van der Waals surface area contributed by atoms with E-state index in [4.69, 9.17) is 21.1 Å². The maximum atomic E-state index is 12.8. The van der Waals surface area contributed by atoms with Crippen molar-refractivity contribution in [3.8, 4) is 5.75 Å². The molecule has 1 aliphatic heterocycles. The summed E-state index contributed by atoms with van der Waals surface area (Å²) in [6.45, 7) is 5.90. The molecule has 7 nitrogen and oxygen atoms in total. The van der Waals surface area contributed by atoms with Crippen molar-refractivity contribution >= 4 is 40.8 Å². The topological polar surface area (TPSA) is 84.9 Å². The van der Waals surface area contributed by atoms with E-state index in [1.165, 1.54) is 0 Å². The van der Waals surface area contributed by atoms with Gasteiger partial charge in [-0.25, -0.2) is 9.69 Å². The van der Waals surface area contributed by atoms with Crippen LogP contribution in [-0.2, 0) is 14.3 Å². The Morgan fingerprint density at radius 3 is 2.23 bits per heavy atom. The van der Waals surface area contributed by atoms with E-state index >= 15 is 0 Å². The zero-order valence-corrected chi connectivity index (χ0v) is 17.5. The minimum atomic E-state index is -0.620. The first-order chi connectivity index (χ1) is 14.3. The standard InChI is InChI=1S/C22H21ClN2O5/c1-4-29-17-11-9-16(10-12-17)25-20(26)18(23)19(21(25)27)24-15-7-5-14(6-8-15)22(28)30-13(2)3/h5-13,24H,4H2,1-3H3. The molecule has 1 heterocycles. The first-order valence-corrected chi connectivity index (χ1v) is 9.79. The van der Waals surface area contributed by atoms with Crippen LogP contribution in [0, 0.1) is 0 Å². The van der Waals surface area contributed by atoms with Gasteiger partial charge in [0.05, 0.1) is 24.0 Å². The molecule has 30 heavy (non-hydrogen) atoms. The highest BCUT2D eigenvalue weighted by Crippen LogP contribution is 2.31. The predicted molar refractivity (Wildman–Crippen MR) is 114 cm³/mol. The number of amides is 2. The van der Waals surface area contributed by atoms with Gasteiger partial charge in [0.25, 0.3) is 11.8 Å². The van der Waals surface area contributed by atoms with Gasteiger partial charge >= 0.3 is 5.97 Å². The largest absolute Gasteiger partial charge is 0.494 e. The van der Waals surface area contributed by atoms with Crippen molar-refractivity contribution in [3.05, 3.63) is 64.8 Å². The van der Waals surface area contributed by atoms with Crippen LogP contribution in [0.5, 0.6) is 5.75 Å². The third kappa shape index (κ3) is 4.46. The number of anilines is 2. The van der Waals surface area contributed by atoms with Crippen LogP contribution in [-0.4, -0.2) is 30.5 Å². The lowest BCUT2D eigenvalue weighted by Gasteiger charge is -2.15. The van der Waals surface area contributed by atoms with Crippen LogP contribution >= 0.6 is 11.6 Å². The number of imide groups is 1. The molecule has 156 valence electrons. The molecule has 0 spiro atoms. The second kappa shape index (κ2) is 9.00. The summed E-state index contributed by atoms with van der Waals surface area (Å²) < 4.78 is 10.5. The Hall–Kier alpha value is -3.32. The Kier molecular flexibility index (Phi) is 6.42. The Morgan fingerprint density at radius 1 is 1.03 bits per heavy atom. The van der Waals surface area contributed by atoms with Gasteiger partial charge in [0.2, 0.25) is 0 Å². The molecule has 2 aromatic carbocycles. The van der Waals surface area contributed by atoms with Crippen LogP contribution < -0.4 is 15.0 Å². The highest BCUT2D eigenvalue weighted by atomic mass is 35.5. The zero-order chi connectivity index (χ0) is 21.8. The predicted octanol–water partition coefficient (Wildman–Crippen LogP) is 4.09. The summed E-state index contributed by atoms with van der Waals surface area (Å²) in [7, 11) is 0. The van der Waals surface area contributed by atoms with E-state index in [2.05, 4.69) is 5.32 Å². The molecule has 1 N–H and O–H groups in total. The fourth-order valence-corrected chi connectivity index (χ4v) is 3.03. The van der Waals surface area contributed by atoms with Crippen molar-refractivity contribution in [2.75, 3.05) is 16.8 Å². The molecule has 8 heteroatoms. The number of hydrogen-bond donors (Lipinski definition) is 1. The Bertz CT molecular complexity index is 997. The van der Waals surface area contributed by atoms with E-state index in [-0.39, 0.29) is 16.8 Å². The van der Waals surface area contributed by atoms with Crippen molar-refractivity contribution in [2.45, 2.75) is 26.9 Å². The number of benzene rings is 2. The molecule has 0 bridgehead atoms. The number of rotatable bonds is 7. The number of nitrogens with zero attached hydrogens (tertiary/aromatic N) is 1. The van der Waals surface area contributed by atoms with Gasteiger partial charge in [0.15, 0.2) is 0 Å². The van der Waals surface area contributed by atoms with Crippen molar-refractivity contribution in [1.29, 1.82) is 0 Å². The molecule has 0 radical (unpaired) electrons. The summed E-state index contributed by atoms with van der Waals surface area (Å²) in [5.41, 5.74) is 1.22. The second-order valence-electron chi connectivity index (χ2n) is 6.72. The van der Waals surface area contributed by atoms with E-state index < -0.39 is 17.8 Å². The molecule has 0 saturated carbocycles. The average molecular weight is 429 g/mol. The van der Waals surface area contributed by atoms with Crippen molar-refractivity contribution in [2.24, 2.45) is 0 Å². The Labute approximate surface area is 179 Å². The molecule has 1 aliphatic rings. The van der Waals surface area contributed by atoms with Crippen LogP contribution in [0.4, 0.5) is 11.4 Å². The molecule has 0 aliphatic carbocycles. The molecule has 0 fully saturated rings. The molecule has 0 saturated heterocycles. The lowest BCUT2D eigenvalue weighted by atomic mass is 10.2. The molecule has 0 atom stereocenters. The van der Waals surface area contributed by atoms with Gasteiger partial charge in [0, 0.05) is 5.69 Å². The van der Waals surface area contributed by atoms with Gasteiger partial charge in [0.1, 0.15) is 16.5 Å². The van der Waals surface area contributed by atoms with E-state index in [1.807, 2.05) is 6.92 Å². The van der Waals surface area contributed by atoms with Crippen LogP contribution in [0.1, 0.15) is 31.1 Å². The maximum absolute atomic E-state index is 12.8. The summed E-state index contributed by atoms with van der Waals surface area (Å²) in [6.07, 6.45) is -0.227. The lowest BCUT2D eigenvalue weighted by molar-refractivity contribution is -0.120. The fraction of sp³-hybridized carbons (Fsp3) is 0.227. The molecule has 0 aromatic heterocycles. The molecule has 2 aromatic rings. The van der Waals surface area contributed by atoms with Gasteiger partial charge in [-0.3, -0.25) is 9.59 Å². The minimum Gasteiger partial charge on any atom is -0.494 e. The number of hydrogen-bond acceptors (Lipinski definition) is 6. The molecular formula is C22H21ClN2O5. The van der Waals surface area contributed by atoms with Gasteiger partial charge in [-0.15, -0.1) is 0 Å². The Balaban J connectivity index is 1.76. The molecular weight excluding hydrogens is 408 g/mol. The number of halogens is 1. The highest BCUT2D eigenvalue weighted by Gasteiger charge is 2.39. The number of nitrogens with one attached hydrogen (secondary N) is 1. The number of ether oxygens (including phenoxy) is 2. The summed E-state index contributed by atoms with van der Waals surface area (Å²) in [4.78, 5) is 38.3. The monoisotopic (exact) mass is 428 g/mol. The van der Waals surface area contributed by atoms with Crippen LogP contribution in [0.15, 0.2) is 59.3 Å². The molecule has 3 rings (SSSR count).